The quantitative estimate of drug-likeness (QED) is 0.851. The third kappa shape index (κ3) is 2.52. The highest BCUT2D eigenvalue weighted by atomic mass is 16.3. The second-order valence-electron chi connectivity index (χ2n) is 5.96. The minimum absolute atomic E-state index is 0.255. The van der Waals surface area contributed by atoms with Crippen molar-refractivity contribution in [1.29, 1.82) is 0 Å². The van der Waals surface area contributed by atoms with Crippen LogP contribution in [0.1, 0.15) is 24.2 Å². The minimum atomic E-state index is -0.255. The molecule has 1 fully saturated rings. The molecule has 1 atom stereocenters. The molecule has 4 heterocycles. The van der Waals surface area contributed by atoms with Gasteiger partial charge in [-0.15, -0.1) is 0 Å². The Morgan fingerprint density at radius 1 is 1.23 bits per heavy atom. The molecule has 7 nitrogen and oxygen atoms in total. The molecule has 0 aromatic carbocycles. The molecule has 0 amide bonds. The van der Waals surface area contributed by atoms with Crippen LogP contribution in [0.25, 0.3) is 0 Å². The van der Waals surface area contributed by atoms with Gasteiger partial charge in [0.25, 0.3) is 0 Å². The van der Waals surface area contributed by atoms with E-state index in [4.69, 9.17) is 4.98 Å². The summed E-state index contributed by atoms with van der Waals surface area (Å²) in [6.45, 7) is 3.24. The van der Waals surface area contributed by atoms with Crippen molar-refractivity contribution in [2.45, 2.75) is 31.9 Å². The van der Waals surface area contributed by atoms with Crippen LogP contribution in [0.5, 0.6) is 0 Å². The summed E-state index contributed by atoms with van der Waals surface area (Å²) in [5, 5.41) is 9.84. The Hall–Kier alpha value is -2.15. The van der Waals surface area contributed by atoms with Gasteiger partial charge in [0.1, 0.15) is 5.82 Å². The van der Waals surface area contributed by atoms with E-state index in [9.17, 15) is 5.11 Å². The Kier molecular flexibility index (Phi) is 3.42. The maximum absolute atomic E-state index is 9.84. The average molecular weight is 300 g/mol. The van der Waals surface area contributed by atoms with E-state index in [-0.39, 0.29) is 6.10 Å². The van der Waals surface area contributed by atoms with E-state index in [1.165, 1.54) is 0 Å². The number of aromatic nitrogens is 4. The van der Waals surface area contributed by atoms with Crippen LogP contribution in [0.2, 0.25) is 0 Å². The molecule has 2 N–H and O–H groups in total. The molecular formula is C15H20N6O. The highest BCUT2D eigenvalue weighted by Gasteiger charge is 2.23. The molecule has 2 aliphatic rings. The molecule has 0 aliphatic carbocycles. The van der Waals surface area contributed by atoms with E-state index < -0.39 is 0 Å². The maximum atomic E-state index is 9.84. The predicted molar refractivity (Wildman–Crippen MR) is 82.8 cm³/mol. The summed E-state index contributed by atoms with van der Waals surface area (Å²) in [6.07, 6.45) is 6.09. The standard InChI is InChI=1S/C15H20N6O/c22-11-2-1-6-20(8-11)14-3-5-16-15(19-14)21-7-4-12-13(9-21)18-10-17-12/h3,5,10-11,22H,1-2,4,6-9H2,(H,17,18)/t11-/m1/s1. The molecule has 0 radical (unpaired) electrons. The fraction of sp³-hybridized carbons (Fsp3) is 0.533. The zero-order valence-corrected chi connectivity index (χ0v) is 12.4. The van der Waals surface area contributed by atoms with Gasteiger partial charge >= 0.3 is 0 Å². The van der Waals surface area contributed by atoms with Crippen LogP contribution in [-0.2, 0) is 13.0 Å². The van der Waals surface area contributed by atoms with Gasteiger partial charge < -0.3 is 19.9 Å². The number of imidazole rings is 1. The van der Waals surface area contributed by atoms with Crippen LogP contribution in [0.3, 0.4) is 0 Å². The molecule has 2 aromatic heterocycles. The lowest BCUT2D eigenvalue weighted by atomic mass is 10.1. The number of aliphatic hydroxyl groups excluding tert-OH is 1. The number of H-pyrrole nitrogens is 1. The first-order valence-electron chi connectivity index (χ1n) is 7.82. The summed E-state index contributed by atoms with van der Waals surface area (Å²) >= 11 is 0. The van der Waals surface area contributed by atoms with Crippen LogP contribution >= 0.6 is 0 Å². The second kappa shape index (κ2) is 5.57. The van der Waals surface area contributed by atoms with E-state index in [1.807, 2.05) is 6.07 Å². The molecular weight excluding hydrogens is 280 g/mol. The number of nitrogens with zero attached hydrogens (tertiary/aromatic N) is 5. The van der Waals surface area contributed by atoms with Crippen molar-refractivity contribution in [1.82, 2.24) is 19.9 Å². The van der Waals surface area contributed by atoms with Gasteiger partial charge in [-0.25, -0.2) is 9.97 Å². The Balaban J connectivity index is 1.55. The summed E-state index contributed by atoms with van der Waals surface area (Å²) in [7, 11) is 0. The number of fused-ring (bicyclic) bond motifs is 1. The van der Waals surface area contributed by atoms with E-state index in [1.54, 1.807) is 12.5 Å². The van der Waals surface area contributed by atoms with Crippen LogP contribution in [0, 0.1) is 0 Å². The number of hydrogen-bond donors (Lipinski definition) is 2. The lowest BCUT2D eigenvalue weighted by molar-refractivity contribution is 0.154. The summed E-state index contributed by atoms with van der Waals surface area (Å²) in [6, 6.07) is 1.92. The van der Waals surface area contributed by atoms with Gasteiger partial charge in [-0.3, -0.25) is 0 Å². The molecule has 0 saturated carbocycles. The van der Waals surface area contributed by atoms with E-state index >= 15 is 0 Å². The molecule has 4 rings (SSSR count). The predicted octanol–water partition coefficient (Wildman–Crippen LogP) is 0.723. The van der Waals surface area contributed by atoms with Gasteiger partial charge in [-0.05, 0) is 18.9 Å². The van der Waals surface area contributed by atoms with E-state index in [0.717, 1.165) is 62.1 Å². The Morgan fingerprint density at radius 2 is 2.18 bits per heavy atom. The average Bonchev–Trinajstić information content (AvgIpc) is 3.02. The third-order valence-electron chi connectivity index (χ3n) is 4.41. The summed E-state index contributed by atoms with van der Waals surface area (Å²) in [5.41, 5.74) is 2.29. The monoisotopic (exact) mass is 300 g/mol. The molecule has 7 heteroatoms. The summed E-state index contributed by atoms with van der Waals surface area (Å²) in [4.78, 5) is 21.0. The van der Waals surface area contributed by atoms with Crippen LogP contribution in [0.4, 0.5) is 11.8 Å². The van der Waals surface area contributed by atoms with Gasteiger partial charge in [0.05, 0.1) is 30.4 Å². The zero-order valence-electron chi connectivity index (χ0n) is 12.4. The van der Waals surface area contributed by atoms with Gasteiger partial charge in [0.15, 0.2) is 0 Å². The molecule has 0 spiro atoms. The normalized spacial score (nSPS) is 21.8. The number of anilines is 2. The highest BCUT2D eigenvalue weighted by Crippen LogP contribution is 2.23. The second-order valence-corrected chi connectivity index (χ2v) is 5.96. The number of rotatable bonds is 2. The van der Waals surface area contributed by atoms with Crippen molar-refractivity contribution >= 4 is 11.8 Å². The fourth-order valence-corrected chi connectivity index (χ4v) is 3.21. The number of aliphatic hydroxyl groups is 1. The van der Waals surface area contributed by atoms with Gasteiger partial charge in [0.2, 0.25) is 5.95 Å². The smallest absolute Gasteiger partial charge is 0.227 e. The molecule has 0 unspecified atom stereocenters. The van der Waals surface area contributed by atoms with Crippen molar-refractivity contribution in [2.24, 2.45) is 0 Å². The lowest BCUT2D eigenvalue weighted by Gasteiger charge is -2.32. The summed E-state index contributed by atoms with van der Waals surface area (Å²) < 4.78 is 0. The number of piperidine rings is 1. The SMILES string of the molecule is O[C@@H]1CCCN(c2ccnc(N3CCc4nc[nH]c4C3)n2)C1. The highest BCUT2D eigenvalue weighted by molar-refractivity contribution is 5.45. The van der Waals surface area contributed by atoms with Gasteiger partial charge in [-0.2, -0.15) is 4.98 Å². The van der Waals surface area contributed by atoms with Crippen LogP contribution in [-0.4, -0.2) is 50.8 Å². The number of aromatic amines is 1. The molecule has 22 heavy (non-hydrogen) atoms. The molecule has 1 saturated heterocycles. The van der Waals surface area contributed by atoms with Crippen molar-refractivity contribution in [2.75, 3.05) is 29.4 Å². The molecule has 0 bridgehead atoms. The molecule has 2 aromatic rings. The first-order chi connectivity index (χ1) is 10.8. The zero-order chi connectivity index (χ0) is 14.9. The largest absolute Gasteiger partial charge is 0.391 e. The van der Waals surface area contributed by atoms with Crippen LogP contribution < -0.4 is 9.80 Å². The van der Waals surface area contributed by atoms with Crippen molar-refractivity contribution in [3.05, 3.63) is 30.0 Å². The van der Waals surface area contributed by atoms with Crippen molar-refractivity contribution in [3.8, 4) is 0 Å². The van der Waals surface area contributed by atoms with E-state index in [2.05, 4.69) is 24.8 Å². The Labute approximate surface area is 129 Å². The van der Waals surface area contributed by atoms with Crippen molar-refractivity contribution < 1.29 is 5.11 Å². The van der Waals surface area contributed by atoms with Gasteiger partial charge in [-0.1, -0.05) is 0 Å². The molecule has 2 aliphatic heterocycles. The summed E-state index contributed by atoms with van der Waals surface area (Å²) in [5.74, 6) is 1.65. The van der Waals surface area contributed by atoms with Crippen LogP contribution in [0.15, 0.2) is 18.6 Å². The van der Waals surface area contributed by atoms with E-state index in [0.29, 0.717) is 6.54 Å². The first-order valence-corrected chi connectivity index (χ1v) is 7.82. The maximum Gasteiger partial charge on any atom is 0.227 e. The number of β-amino-alcohol motifs (C(OH)–C–C–N with tert-alkyl or cyclic N) is 1. The number of hydrogen-bond acceptors (Lipinski definition) is 6. The topological polar surface area (TPSA) is 81.2 Å². The molecule has 116 valence electrons. The third-order valence-corrected chi connectivity index (χ3v) is 4.41. The number of nitrogens with one attached hydrogen (secondary N) is 1. The first kappa shape index (κ1) is 13.5. The van der Waals surface area contributed by atoms with Crippen molar-refractivity contribution in [3.63, 3.8) is 0 Å². The van der Waals surface area contributed by atoms with Gasteiger partial charge in [0, 0.05) is 32.3 Å². The lowest BCUT2D eigenvalue weighted by Crippen LogP contribution is -2.39. The fourth-order valence-electron chi connectivity index (χ4n) is 3.21. The Morgan fingerprint density at radius 3 is 3.09 bits per heavy atom. The Bertz CT molecular complexity index is 657. The minimum Gasteiger partial charge on any atom is -0.391 e.